The van der Waals surface area contributed by atoms with Crippen LogP contribution >= 0.6 is 0 Å². The molecule has 0 N–H and O–H groups in total. The number of rotatable bonds is 4. The van der Waals surface area contributed by atoms with Crippen molar-refractivity contribution < 1.29 is 0 Å². The zero-order chi connectivity index (χ0) is 33.8. The molecule has 4 aliphatic rings. The summed E-state index contributed by atoms with van der Waals surface area (Å²) in [4.78, 5) is 6.03. The summed E-state index contributed by atoms with van der Waals surface area (Å²) in [5.41, 5.74) is 19.3. The van der Waals surface area contributed by atoms with Crippen molar-refractivity contribution in [2.24, 2.45) is 11.8 Å². The fourth-order valence-corrected chi connectivity index (χ4v) is 10.6. The number of hydrogen-bond donors (Lipinski definition) is 0. The number of hydrogen-bond acceptors (Lipinski definition) is 1. The van der Waals surface area contributed by atoms with Gasteiger partial charge in [-0.25, -0.2) is 4.85 Å². The van der Waals surface area contributed by atoms with E-state index in [1.54, 1.807) is 11.1 Å². The van der Waals surface area contributed by atoms with Gasteiger partial charge in [0.05, 0.1) is 6.57 Å². The van der Waals surface area contributed by atoms with E-state index in [1.165, 1.54) is 75.8 Å². The van der Waals surface area contributed by atoms with Crippen molar-refractivity contribution >= 4 is 22.7 Å². The van der Waals surface area contributed by atoms with E-state index in [-0.39, 0.29) is 10.8 Å². The Morgan fingerprint density at radius 1 is 0.600 bits per heavy atom. The third-order valence-corrected chi connectivity index (χ3v) is 12.9. The van der Waals surface area contributed by atoms with Crippen LogP contribution in [-0.4, -0.2) is 0 Å². The standard InChI is InChI=1S/C48H40N2/c1-30-25-36(20-23-38(30)32-14-22-42-40-10-6-8-12-44(40)48(46(42)27-32)29-31-13-15-33(48)26-31)50(35-18-16-34(49-4)17-19-35)37-21-24-41-39-9-5-7-11-43(39)47(2,3)45(41)28-37/h5-12,14,16-25,27-28,31,33H,13,15,26,29H2,1-3H3. The van der Waals surface area contributed by atoms with E-state index in [9.17, 15) is 0 Å². The van der Waals surface area contributed by atoms with Gasteiger partial charge in [-0.2, -0.15) is 0 Å². The van der Waals surface area contributed by atoms with E-state index in [0.29, 0.717) is 5.69 Å². The number of nitrogens with zero attached hydrogens (tertiary/aromatic N) is 2. The molecule has 2 nitrogen and oxygen atoms in total. The van der Waals surface area contributed by atoms with Crippen molar-refractivity contribution in [3.05, 3.63) is 167 Å². The summed E-state index contributed by atoms with van der Waals surface area (Å²) in [5, 5.41) is 0. The number of anilines is 3. The Morgan fingerprint density at radius 3 is 1.92 bits per heavy atom. The Balaban J connectivity index is 1.08. The normalized spacial score (nSPS) is 21.4. The lowest BCUT2D eigenvalue weighted by Gasteiger charge is -2.36. The van der Waals surface area contributed by atoms with Gasteiger partial charge in [-0.1, -0.05) is 105 Å². The molecule has 2 bridgehead atoms. The number of benzene rings is 6. The Kier molecular flexibility index (Phi) is 6.23. The second kappa shape index (κ2) is 10.6. The summed E-state index contributed by atoms with van der Waals surface area (Å²) in [6.07, 6.45) is 5.43. The highest BCUT2D eigenvalue weighted by Crippen LogP contribution is 2.66. The molecule has 10 rings (SSSR count). The molecule has 6 aromatic rings. The molecular weight excluding hydrogens is 605 g/mol. The first-order chi connectivity index (χ1) is 24.4. The molecule has 3 atom stereocenters. The zero-order valence-electron chi connectivity index (χ0n) is 29.0. The summed E-state index contributed by atoms with van der Waals surface area (Å²) in [6.45, 7) is 14.5. The molecule has 0 amide bonds. The van der Waals surface area contributed by atoms with Crippen LogP contribution in [0.2, 0.25) is 0 Å². The van der Waals surface area contributed by atoms with Crippen LogP contribution in [0.1, 0.15) is 67.3 Å². The predicted octanol–water partition coefficient (Wildman–Crippen LogP) is 13.1. The summed E-state index contributed by atoms with van der Waals surface area (Å²) < 4.78 is 0. The first-order valence-electron chi connectivity index (χ1n) is 18.2. The molecule has 0 radical (unpaired) electrons. The van der Waals surface area contributed by atoms with Crippen molar-refractivity contribution in [2.75, 3.05) is 4.90 Å². The van der Waals surface area contributed by atoms with Crippen molar-refractivity contribution in [1.82, 2.24) is 0 Å². The van der Waals surface area contributed by atoms with E-state index in [1.807, 2.05) is 12.1 Å². The minimum atomic E-state index is -0.0925. The maximum absolute atomic E-state index is 7.55. The molecule has 3 unspecified atom stereocenters. The summed E-state index contributed by atoms with van der Waals surface area (Å²) in [5.74, 6) is 1.61. The second-order valence-corrected chi connectivity index (χ2v) is 15.7. The molecule has 0 aliphatic heterocycles. The van der Waals surface area contributed by atoms with Crippen molar-refractivity contribution in [2.45, 2.75) is 57.3 Å². The highest BCUT2D eigenvalue weighted by Gasteiger charge is 2.56. The Labute approximate surface area is 295 Å². The van der Waals surface area contributed by atoms with Gasteiger partial charge in [0.15, 0.2) is 5.69 Å². The Bertz CT molecular complexity index is 2410. The van der Waals surface area contributed by atoms with Crippen LogP contribution in [0, 0.1) is 25.3 Å². The topological polar surface area (TPSA) is 7.60 Å². The molecule has 0 saturated heterocycles. The van der Waals surface area contributed by atoms with Crippen LogP contribution in [0.4, 0.5) is 22.7 Å². The van der Waals surface area contributed by atoms with E-state index < -0.39 is 0 Å². The zero-order valence-corrected chi connectivity index (χ0v) is 29.0. The highest BCUT2D eigenvalue weighted by atomic mass is 15.1. The largest absolute Gasteiger partial charge is 0.311 e. The molecule has 2 saturated carbocycles. The van der Waals surface area contributed by atoms with Crippen molar-refractivity contribution in [3.63, 3.8) is 0 Å². The summed E-state index contributed by atoms with van der Waals surface area (Å²) >= 11 is 0. The van der Waals surface area contributed by atoms with E-state index in [2.05, 4.69) is 146 Å². The SMILES string of the molecule is [C-]#[N+]c1ccc(N(c2ccc(-c3ccc4c(c3)C3(CC5CCC3C5)c3ccccc3-4)c(C)c2)c2ccc3c(c2)C(C)(C)c2ccccc2-3)cc1. The van der Waals surface area contributed by atoms with Crippen LogP contribution in [0.15, 0.2) is 127 Å². The first-order valence-corrected chi connectivity index (χ1v) is 18.2. The fourth-order valence-electron chi connectivity index (χ4n) is 10.6. The molecular formula is C48H40N2. The monoisotopic (exact) mass is 644 g/mol. The number of aryl methyl sites for hydroxylation is 1. The summed E-state index contributed by atoms with van der Waals surface area (Å²) in [7, 11) is 0. The van der Waals surface area contributed by atoms with Crippen molar-refractivity contribution in [1.29, 1.82) is 0 Å². The lowest BCUT2D eigenvalue weighted by molar-refractivity contribution is 0.327. The van der Waals surface area contributed by atoms with Gasteiger partial charge in [-0.3, -0.25) is 0 Å². The molecule has 50 heavy (non-hydrogen) atoms. The van der Waals surface area contributed by atoms with Gasteiger partial charge < -0.3 is 4.90 Å². The molecule has 0 aromatic heterocycles. The minimum absolute atomic E-state index is 0.0925. The van der Waals surface area contributed by atoms with E-state index in [0.717, 1.165) is 28.9 Å². The van der Waals surface area contributed by atoms with Gasteiger partial charge >= 0.3 is 0 Å². The third-order valence-electron chi connectivity index (χ3n) is 12.9. The lowest BCUT2D eigenvalue weighted by atomic mass is 9.66. The van der Waals surface area contributed by atoms with Gasteiger partial charge in [-0.15, -0.1) is 0 Å². The van der Waals surface area contributed by atoms with Gasteiger partial charge in [0.1, 0.15) is 0 Å². The molecule has 2 fully saturated rings. The molecule has 1 spiro atoms. The maximum Gasteiger partial charge on any atom is 0.187 e. The van der Waals surface area contributed by atoms with Gasteiger partial charge in [-0.05, 0) is 142 Å². The van der Waals surface area contributed by atoms with Gasteiger partial charge in [0.2, 0.25) is 0 Å². The minimum Gasteiger partial charge on any atom is -0.311 e. The lowest BCUT2D eigenvalue weighted by Crippen LogP contribution is -2.31. The molecule has 6 aromatic carbocycles. The van der Waals surface area contributed by atoms with E-state index in [4.69, 9.17) is 6.57 Å². The van der Waals surface area contributed by atoms with Crippen LogP contribution in [0.5, 0.6) is 0 Å². The predicted molar refractivity (Wildman–Crippen MR) is 207 cm³/mol. The quantitative estimate of drug-likeness (QED) is 0.173. The van der Waals surface area contributed by atoms with Crippen molar-refractivity contribution in [3.8, 4) is 33.4 Å². The maximum atomic E-state index is 7.55. The molecule has 4 aliphatic carbocycles. The van der Waals surface area contributed by atoms with Crippen LogP contribution in [-0.2, 0) is 10.8 Å². The highest BCUT2D eigenvalue weighted by molar-refractivity contribution is 5.88. The average Bonchev–Trinajstić information content (AvgIpc) is 3.89. The third kappa shape index (κ3) is 4.01. The Hall–Kier alpha value is -5.39. The van der Waals surface area contributed by atoms with Gasteiger partial charge in [0.25, 0.3) is 0 Å². The first kappa shape index (κ1) is 29.5. The van der Waals surface area contributed by atoms with Crippen LogP contribution < -0.4 is 4.90 Å². The fraction of sp³-hybridized carbons (Fsp3) is 0.229. The molecule has 242 valence electrons. The van der Waals surface area contributed by atoms with E-state index >= 15 is 0 Å². The molecule has 0 heterocycles. The Morgan fingerprint density at radius 2 is 1.22 bits per heavy atom. The van der Waals surface area contributed by atoms with Gasteiger partial charge in [0, 0.05) is 27.9 Å². The average molecular weight is 645 g/mol. The van der Waals surface area contributed by atoms with Crippen LogP contribution in [0.3, 0.4) is 0 Å². The summed E-state index contributed by atoms with van der Waals surface area (Å²) in [6, 6.07) is 47.3. The molecule has 2 heteroatoms. The second-order valence-electron chi connectivity index (χ2n) is 15.7. The van der Waals surface area contributed by atoms with Crippen LogP contribution in [0.25, 0.3) is 38.2 Å². The number of fused-ring (bicyclic) bond motifs is 11. The smallest absolute Gasteiger partial charge is 0.187 e.